The van der Waals surface area contributed by atoms with Crippen LogP contribution in [0.5, 0.6) is 0 Å². The molecule has 0 aromatic rings. The van der Waals surface area contributed by atoms with Crippen LogP contribution in [-0.2, 0) is 43.6 Å². The zero-order chi connectivity index (χ0) is 33.0. The van der Waals surface area contributed by atoms with Gasteiger partial charge in [0.2, 0.25) is 11.8 Å². The Balaban J connectivity index is 0.00000336. The van der Waals surface area contributed by atoms with Crippen molar-refractivity contribution in [3.63, 3.8) is 0 Å². The van der Waals surface area contributed by atoms with Crippen molar-refractivity contribution in [3.05, 3.63) is 6.61 Å². The Morgan fingerprint density at radius 3 is 1.94 bits per heavy atom. The third-order valence-corrected chi connectivity index (χ3v) is 14.9. The van der Waals surface area contributed by atoms with Crippen molar-refractivity contribution in [1.82, 2.24) is 4.90 Å². The third-order valence-electron chi connectivity index (χ3n) is 14.2. The maximum atomic E-state index is 14.7. The number of esters is 2. The molecule has 8 atom stereocenters. The Labute approximate surface area is 270 Å². The van der Waals surface area contributed by atoms with Crippen LogP contribution in [0.3, 0.4) is 0 Å². The molecular weight excluding hydrogens is 907 g/mol. The molecule has 1 heterocycles. The fraction of sp³-hybridized carbons (Fsp3) is 0.818. The molecule has 0 spiro atoms. The Kier molecular flexibility index (Phi) is 6.50. The zero-order valence-electron chi connectivity index (χ0n) is 26.4. The van der Waals surface area contributed by atoms with Crippen LogP contribution in [0.1, 0.15) is 77.0 Å². The molecule has 15 heteroatoms. The minimum Gasteiger partial charge on any atom is -0.746 e. The molecule has 11 rings (SSSR count). The average Bonchev–Trinajstić information content (AvgIpc) is 3.60. The number of carbonyl (C=O) groups excluding carboxylic acids is 5. The Morgan fingerprint density at radius 1 is 0.833 bits per heavy atom. The van der Waals surface area contributed by atoms with E-state index in [9.17, 15) is 45.7 Å². The van der Waals surface area contributed by atoms with Gasteiger partial charge >= 0.3 is 5.97 Å². The summed E-state index contributed by atoms with van der Waals surface area (Å²) in [5, 5.41) is -5.00. The SMILES string of the molecule is O=C1C2CC3CC1CC(C(=O)OC1C4CC5C(C(=O)N(C(=O)C67CC8CC(CC(C8)C6)C7)C51)C4C(=O)O[CH-]C(F)(F)S(=O)(=O)[O-])(C3)C2.[Rf]. The van der Waals surface area contributed by atoms with Gasteiger partial charge in [0, 0.05) is 17.8 Å². The summed E-state index contributed by atoms with van der Waals surface area (Å²) in [5.74, 6) is -5.45. The van der Waals surface area contributed by atoms with Gasteiger partial charge in [-0.2, -0.15) is 0 Å². The maximum absolute atomic E-state index is 14.7. The summed E-state index contributed by atoms with van der Waals surface area (Å²) in [4.78, 5) is 70.6. The number of rotatable bonds is 7. The predicted molar refractivity (Wildman–Crippen MR) is 151 cm³/mol. The van der Waals surface area contributed by atoms with Crippen molar-refractivity contribution in [2.24, 2.45) is 70.0 Å². The number of hydrogen-bond acceptors (Lipinski definition) is 10. The topological polar surface area (TPSA) is 164 Å². The fourth-order valence-electron chi connectivity index (χ4n) is 13.2. The van der Waals surface area contributed by atoms with Gasteiger partial charge in [0.1, 0.15) is 22.0 Å². The number of alkyl halides is 2. The minimum atomic E-state index is -6.18. The van der Waals surface area contributed by atoms with E-state index in [0.717, 1.165) is 32.1 Å². The number of fused-ring (bicyclic) bond motifs is 1. The van der Waals surface area contributed by atoms with Crippen LogP contribution in [0.4, 0.5) is 8.78 Å². The maximum Gasteiger partial charge on any atom is 0.312 e. The second kappa shape index (κ2) is 9.82. The van der Waals surface area contributed by atoms with Crippen LogP contribution < -0.4 is 0 Å². The molecule has 48 heavy (non-hydrogen) atoms. The normalized spacial score (nSPS) is 47.4. The van der Waals surface area contributed by atoms with E-state index >= 15 is 0 Å². The van der Waals surface area contributed by atoms with E-state index in [0.29, 0.717) is 56.3 Å². The van der Waals surface area contributed by atoms with Crippen molar-refractivity contribution in [2.75, 3.05) is 0 Å². The third kappa shape index (κ3) is 4.11. The van der Waals surface area contributed by atoms with E-state index in [1.807, 2.05) is 0 Å². The number of carbonyl (C=O) groups is 5. The number of halogens is 2. The van der Waals surface area contributed by atoms with Gasteiger partial charge in [0.15, 0.2) is 0 Å². The Hall–Kier alpha value is -3.48. The van der Waals surface area contributed by atoms with E-state index in [4.69, 9.17) is 4.74 Å². The van der Waals surface area contributed by atoms with Gasteiger partial charge < -0.3 is 14.0 Å². The Morgan fingerprint density at radius 2 is 1.38 bits per heavy atom. The molecule has 10 saturated carbocycles. The molecule has 258 valence electrons. The van der Waals surface area contributed by atoms with Crippen LogP contribution in [0.25, 0.3) is 0 Å². The van der Waals surface area contributed by atoms with E-state index in [1.165, 1.54) is 4.90 Å². The number of nitrogens with zero attached hydrogens (tertiary/aromatic N) is 1. The first-order valence-electron chi connectivity index (χ1n) is 17.1. The van der Waals surface area contributed by atoms with E-state index < -0.39 is 86.5 Å². The standard InChI is InChI=1S/C33H38F2NO10S.Rf/c34-33(35,47(42,43)44)13-45-28(39)23-21-6-20-22(23)27(38)36(29(40)31-7-14-1-15(8-31)3-16(2-14)9-31)24(20)26(21)46-30(41)32-10-17-4-18(11-32)25(37)19(5-17)12-32;/h13-24,26H,1-12H2,(H,42,43,44);/q-1;/p-1. The van der Waals surface area contributed by atoms with Crippen molar-refractivity contribution in [2.45, 2.75) is 94.5 Å². The second-order valence-electron chi connectivity index (χ2n) is 16.8. The molecule has 11 aliphatic rings. The van der Waals surface area contributed by atoms with E-state index in [1.54, 1.807) is 0 Å². The fourth-order valence-corrected chi connectivity index (χ4v) is 13.3. The molecule has 0 aromatic carbocycles. The number of amides is 2. The van der Waals surface area contributed by atoms with Crippen molar-refractivity contribution >= 4 is 39.7 Å². The summed E-state index contributed by atoms with van der Waals surface area (Å²) in [7, 11) is -6.18. The first-order chi connectivity index (χ1) is 22.1. The van der Waals surface area contributed by atoms with Gasteiger partial charge in [-0.3, -0.25) is 28.9 Å². The monoisotopic (exact) mass is 944 g/mol. The molecule has 0 aromatic heterocycles. The average molecular weight is 945 g/mol. The summed E-state index contributed by atoms with van der Waals surface area (Å²) in [6, 6.07) is -0.811. The number of ether oxygens (including phenoxy) is 2. The van der Waals surface area contributed by atoms with Gasteiger partial charge in [0.25, 0.3) is 11.2 Å². The predicted octanol–water partition coefficient (Wildman–Crippen LogP) is 2.97. The van der Waals surface area contributed by atoms with Gasteiger partial charge in [-0.1, -0.05) is 6.61 Å². The minimum absolute atomic E-state index is 0. The van der Waals surface area contributed by atoms with Crippen LogP contribution in [0.2, 0.25) is 0 Å². The van der Waals surface area contributed by atoms with Crippen LogP contribution in [0, 0.1) is 76.6 Å². The van der Waals surface area contributed by atoms with Crippen LogP contribution >= 0.6 is 0 Å². The van der Waals surface area contributed by atoms with Crippen molar-refractivity contribution in [1.29, 1.82) is 0 Å². The first kappa shape index (κ1) is 31.8. The van der Waals surface area contributed by atoms with Crippen molar-refractivity contribution < 1.29 is 55.2 Å². The molecule has 1 aliphatic heterocycles. The molecule has 10 aliphatic carbocycles. The molecule has 0 N–H and O–H groups in total. The van der Waals surface area contributed by atoms with Gasteiger partial charge in [-0.25, -0.2) is 17.2 Å². The first-order valence-corrected chi connectivity index (χ1v) is 18.5. The molecule has 0 radical (unpaired) electrons. The summed E-state index contributed by atoms with van der Waals surface area (Å²) >= 11 is 0. The molecular formula is C33H37F2NO10RfS-2. The van der Waals surface area contributed by atoms with E-state index in [2.05, 4.69) is 4.74 Å². The van der Waals surface area contributed by atoms with E-state index in [-0.39, 0.29) is 35.9 Å². The molecule has 1 saturated heterocycles. The zero-order valence-corrected chi connectivity index (χ0v) is 33.6. The summed E-state index contributed by atoms with van der Waals surface area (Å²) in [6.07, 6.45) is 7.19. The smallest absolute Gasteiger partial charge is 0.312 e. The van der Waals surface area contributed by atoms with Gasteiger partial charge in [-0.05, 0) is 107 Å². The molecule has 10 bridgehead atoms. The number of likely N-dealkylation sites (tertiary alicyclic amines) is 1. The molecule has 2 amide bonds. The molecule has 8 unspecified atom stereocenters. The molecule has 11 nitrogen and oxygen atoms in total. The van der Waals surface area contributed by atoms with Gasteiger partial charge in [0.05, 0.1) is 28.7 Å². The summed E-state index contributed by atoms with van der Waals surface area (Å²) < 4.78 is 71.9. The quantitative estimate of drug-likeness (QED) is 0.161. The number of hydrogen-bond donors (Lipinski definition) is 0. The summed E-state index contributed by atoms with van der Waals surface area (Å²) in [6.45, 7) is -0.619. The number of Topliss-reactive ketones (excluding diaryl/α,β-unsaturated/α-hetero) is 1. The Bertz CT molecular complexity index is 1560. The van der Waals surface area contributed by atoms with Crippen LogP contribution in [-0.4, -0.2) is 64.8 Å². The number of imide groups is 1. The molecule has 11 fully saturated rings. The van der Waals surface area contributed by atoms with Gasteiger partial charge in [-0.15, -0.1) is 0 Å². The second-order valence-corrected chi connectivity index (χ2v) is 18.2. The summed E-state index contributed by atoms with van der Waals surface area (Å²) in [5.41, 5.74) is -1.59. The number of ketones is 1. The largest absolute Gasteiger partial charge is 0.746 e. The van der Waals surface area contributed by atoms with Crippen LogP contribution in [0.15, 0.2) is 0 Å². The van der Waals surface area contributed by atoms with Crippen molar-refractivity contribution in [3.8, 4) is 0 Å².